The lowest BCUT2D eigenvalue weighted by molar-refractivity contribution is -1.01. The Morgan fingerprint density at radius 2 is 1.61 bits per heavy atom. The Morgan fingerprint density at radius 3 is 2.13 bits per heavy atom. The van der Waals surface area contributed by atoms with Crippen LogP contribution in [0.25, 0.3) is 0 Å². The van der Waals surface area contributed by atoms with Gasteiger partial charge in [0.1, 0.15) is 45.4 Å². The number of nitrogens with one attached hydrogen (secondary N) is 2. The highest BCUT2D eigenvalue weighted by Gasteiger charge is 2.24. The van der Waals surface area contributed by atoms with Gasteiger partial charge in [0.05, 0.1) is 20.8 Å². The standard InChI is InChI=1S/C17H28N2O4/c1-4-18-8-10-19(11-9-18)12-14(20)13-23-17-15(21-2)6-5-7-16(17)22-3/h5-7,14,20H,4,8-13H2,1-3H3/p+2/t14-/m1/s1. The first-order valence-corrected chi connectivity index (χ1v) is 8.36. The van der Waals surface area contributed by atoms with E-state index in [0.717, 1.165) is 13.1 Å². The molecule has 0 saturated carbocycles. The maximum absolute atomic E-state index is 10.3. The second-order valence-corrected chi connectivity index (χ2v) is 6.01. The molecule has 1 aromatic rings. The van der Waals surface area contributed by atoms with E-state index in [2.05, 4.69) is 6.92 Å². The highest BCUT2D eigenvalue weighted by atomic mass is 16.5. The first kappa shape index (κ1) is 17.8. The molecular formula is C17H30N2O4+2. The van der Waals surface area contributed by atoms with Crippen molar-refractivity contribution < 1.29 is 29.1 Å². The number of aliphatic hydroxyl groups is 1. The first-order chi connectivity index (χ1) is 11.2. The van der Waals surface area contributed by atoms with Gasteiger partial charge in [0.2, 0.25) is 5.75 Å². The van der Waals surface area contributed by atoms with Gasteiger partial charge < -0.3 is 29.1 Å². The van der Waals surface area contributed by atoms with Gasteiger partial charge in [-0.25, -0.2) is 0 Å². The largest absolute Gasteiger partial charge is 0.493 e. The normalized spacial score (nSPS) is 22.4. The van der Waals surface area contributed by atoms with E-state index in [-0.39, 0.29) is 6.61 Å². The summed E-state index contributed by atoms with van der Waals surface area (Å²) in [6, 6.07) is 5.49. The number of hydrogen-bond donors (Lipinski definition) is 3. The molecule has 6 nitrogen and oxygen atoms in total. The van der Waals surface area contributed by atoms with Crippen molar-refractivity contribution in [1.82, 2.24) is 0 Å². The van der Waals surface area contributed by atoms with Gasteiger partial charge in [-0.2, -0.15) is 0 Å². The molecule has 1 saturated heterocycles. The average Bonchev–Trinajstić information content (AvgIpc) is 2.60. The lowest BCUT2D eigenvalue weighted by atomic mass is 10.2. The van der Waals surface area contributed by atoms with Gasteiger partial charge in [0.15, 0.2) is 11.5 Å². The minimum Gasteiger partial charge on any atom is -0.493 e. The fourth-order valence-corrected chi connectivity index (χ4v) is 3.05. The van der Waals surface area contributed by atoms with Crippen LogP contribution in [0.3, 0.4) is 0 Å². The average molecular weight is 326 g/mol. The lowest BCUT2D eigenvalue weighted by Gasteiger charge is -2.30. The second kappa shape index (κ2) is 8.96. The van der Waals surface area contributed by atoms with Crippen LogP contribution in [0.5, 0.6) is 17.2 Å². The number of hydrogen-bond acceptors (Lipinski definition) is 4. The molecular weight excluding hydrogens is 296 g/mol. The van der Waals surface area contributed by atoms with Gasteiger partial charge in [0.25, 0.3) is 0 Å². The Morgan fingerprint density at radius 1 is 1.04 bits per heavy atom. The van der Waals surface area contributed by atoms with Crippen molar-refractivity contribution in [2.24, 2.45) is 0 Å². The quantitative estimate of drug-likeness (QED) is 0.530. The second-order valence-electron chi connectivity index (χ2n) is 6.01. The monoisotopic (exact) mass is 326 g/mol. The molecule has 1 heterocycles. The van der Waals surface area contributed by atoms with Crippen LogP contribution in [0.4, 0.5) is 0 Å². The Bertz CT molecular complexity index is 453. The molecule has 0 aliphatic carbocycles. The molecule has 2 rings (SSSR count). The molecule has 0 spiro atoms. The van der Waals surface area contributed by atoms with Crippen LogP contribution in [-0.4, -0.2) is 71.3 Å². The molecule has 0 bridgehead atoms. The van der Waals surface area contributed by atoms with Crippen LogP contribution in [0.1, 0.15) is 6.92 Å². The van der Waals surface area contributed by atoms with Gasteiger partial charge in [-0.05, 0) is 19.1 Å². The van der Waals surface area contributed by atoms with Crippen molar-refractivity contribution in [3.8, 4) is 17.2 Å². The van der Waals surface area contributed by atoms with E-state index in [1.807, 2.05) is 18.2 Å². The summed E-state index contributed by atoms with van der Waals surface area (Å²) in [5.41, 5.74) is 0. The Balaban J connectivity index is 1.84. The number of benzene rings is 1. The molecule has 23 heavy (non-hydrogen) atoms. The van der Waals surface area contributed by atoms with E-state index in [9.17, 15) is 5.11 Å². The summed E-state index contributed by atoms with van der Waals surface area (Å²) < 4.78 is 16.4. The van der Waals surface area contributed by atoms with E-state index in [0.29, 0.717) is 23.8 Å². The molecule has 0 amide bonds. The summed E-state index contributed by atoms with van der Waals surface area (Å²) in [7, 11) is 3.19. The first-order valence-electron chi connectivity index (χ1n) is 8.36. The van der Waals surface area contributed by atoms with Crippen molar-refractivity contribution in [1.29, 1.82) is 0 Å². The molecule has 0 radical (unpaired) electrons. The van der Waals surface area contributed by atoms with Gasteiger partial charge >= 0.3 is 0 Å². The number of ether oxygens (including phenoxy) is 3. The molecule has 6 heteroatoms. The predicted octanol–water partition coefficient (Wildman–Crippen LogP) is -1.75. The molecule has 1 aliphatic rings. The van der Waals surface area contributed by atoms with Crippen LogP contribution >= 0.6 is 0 Å². The van der Waals surface area contributed by atoms with E-state index >= 15 is 0 Å². The third-order valence-electron chi connectivity index (χ3n) is 4.49. The summed E-state index contributed by atoms with van der Waals surface area (Å²) in [4.78, 5) is 3.10. The van der Waals surface area contributed by atoms with Gasteiger partial charge in [0, 0.05) is 0 Å². The third kappa shape index (κ3) is 4.99. The molecule has 1 aliphatic heterocycles. The predicted molar refractivity (Wildman–Crippen MR) is 87.8 cm³/mol. The van der Waals surface area contributed by atoms with Crippen molar-refractivity contribution in [2.45, 2.75) is 13.0 Å². The van der Waals surface area contributed by atoms with E-state index in [1.54, 1.807) is 19.1 Å². The number of quaternary nitrogens is 2. The molecule has 1 fully saturated rings. The number of rotatable bonds is 8. The fraction of sp³-hybridized carbons (Fsp3) is 0.647. The van der Waals surface area contributed by atoms with E-state index in [4.69, 9.17) is 14.2 Å². The van der Waals surface area contributed by atoms with Gasteiger partial charge in [-0.1, -0.05) is 6.07 Å². The Hall–Kier alpha value is -1.50. The van der Waals surface area contributed by atoms with Crippen LogP contribution in [0.2, 0.25) is 0 Å². The minimum absolute atomic E-state index is 0.241. The van der Waals surface area contributed by atoms with Crippen molar-refractivity contribution in [3.63, 3.8) is 0 Å². The van der Waals surface area contributed by atoms with Gasteiger partial charge in [-0.3, -0.25) is 0 Å². The fourth-order valence-electron chi connectivity index (χ4n) is 3.05. The SMILES string of the molecule is CC[NH+]1CC[NH+](C[C@@H](O)COc2c(OC)cccc2OC)CC1. The number of para-hydroxylation sites is 1. The minimum atomic E-state index is -0.497. The maximum Gasteiger partial charge on any atom is 0.203 e. The third-order valence-corrected chi connectivity index (χ3v) is 4.49. The van der Waals surface area contributed by atoms with E-state index in [1.165, 1.54) is 24.5 Å². The van der Waals surface area contributed by atoms with Crippen molar-refractivity contribution >= 4 is 0 Å². The Labute approximate surface area is 138 Å². The summed E-state index contributed by atoms with van der Waals surface area (Å²) in [5, 5.41) is 10.3. The van der Waals surface area contributed by atoms with Crippen LogP contribution in [0, 0.1) is 0 Å². The zero-order valence-electron chi connectivity index (χ0n) is 14.4. The summed E-state index contributed by atoms with van der Waals surface area (Å²) in [5.74, 6) is 1.78. The molecule has 130 valence electrons. The summed E-state index contributed by atoms with van der Waals surface area (Å²) in [6.07, 6.45) is -0.497. The van der Waals surface area contributed by atoms with Crippen LogP contribution in [0.15, 0.2) is 18.2 Å². The summed E-state index contributed by atoms with van der Waals surface area (Å²) >= 11 is 0. The molecule has 3 N–H and O–H groups in total. The maximum atomic E-state index is 10.3. The molecule has 1 aromatic carbocycles. The van der Waals surface area contributed by atoms with Crippen LogP contribution < -0.4 is 24.0 Å². The highest BCUT2D eigenvalue weighted by Crippen LogP contribution is 2.36. The summed E-state index contributed by atoms with van der Waals surface area (Å²) in [6.45, 7) is 8.95. The smallest absolute Gasteiger partial charge is 0.203 e. The molecule has 0 unspecified atom stereocenters. The number of methoxy groups -OCH3 is 2. The van der Waals surface area contributed by atoms with Crippen LogP contribution in [-0.2, 0) is 0 Å². The number of likely N-dealkylation sites (N-methyl/N-ethyl adjacent to an activating group) is 1. The zero-order valence-corrected chi connectivity index (χ0v) is 14.4. The van der Waals surface area contributed by atoms with Crippen molar-refractivity contribution in [2.75, 3.05) is 60.1 Å². The Kier molecular flexibility index (Phi) is 6.95. The van der Waals surface area contributed by atoms with Gasteiger partial charge in [-0.15, -0.1) is 0 Å². The molecule has 0 aromatic heterocycles. The molecule has 1 atom stereocenters. The highest BCUT2D eigenvalue weighted by molar-refractivity contribution is 5.51. The number of aliphatic hydroxyl groups excluding tert-OH is 1. The van der Waals surface area contributed by atoms with Crippen molar-refractivity contribution in [3.05, 3.63) is 18.2 Å². The topological polar surface area (TPSA) is 56.8 Å². The number of piperazine rings is 1. The lowest BCUT2D eigenvalue weighted by Crippen LogP contribution is -3.28. The van der Waals surface area contributed by atoms with E-state index < -0.39 is 6.10 Å². The zero-order chi connectivity index (χ0) is 16.7.